The first-order chi connectivity index (χ1) is 17.2. The molecule has 3 fully saturated rings. The maximum Gasteiger partial charge on any atom is 0.414 e. The van der Waals surface area contributed by atoms with Gasteiger partial charge in [-0.1, -0.05) is 78.9 Å². The molecule has 3 aliphatic heterocycles. The first-order valence-corrected chi connectivity index (χ1v) is 13.2. The summed E-state index contributed by atoms with van der Waals surface area (Å²) in [5, 5.41) is 0. The molecule has 4 heteroatoms. The van der Waals surface area contributed by atoms with Crippen LogP contribution >= 0.6 is 0 Å². The number of para-hydroxylation sites is 1. The van der Waals surface area contributed by atoms with E-state index in [1.54, 1.807) is 0 Å². The van der Waals surface area contributed by atoms with Crippen LogP contribution in [-0.4, -0.2) is 49.4 Å². The largest absolute Gasteiger partial charge is 0.440 e. The van der Waals surface area contributed by atoms with Gasteiger partial charge in [-0.05, 0) is 36.1 Å². The predicted molar refractivity (Wildman–Crippen MR) is 141 cm³/mol. The predicted octanol–water partition coefficient (Wildman–Crippen LogP) is 6.11. The molecular weight excluding hydrogens is 432 g/mol. The molecule has 0 aliphatic carbocycles. The van der Waals surface area contributed by atoms with Crippen LogP contribution in [0.3, 0.4) is 0 Å². The lowest BCUT2D eigenvalue weighted by Gasteiger charge is -2.52. The molecule has 0 unspecified atom stereocenters. The molecule has 0 aromatic heterocycles. The van der Waals surface area contributed by atoms with Crippen LogP contribution in [0.4, 0.5) is 10.5 Å². The van der Waals surface area contributed by atoms with E-state index < -0.39 is 0 Å². The Morgan fingerprint density at radius 3 is 2.00 bits per heavy atom. The minimum absolute atomic E-state index is 0.0182. The molecule has 1 amide bonds. The van der Waals surface area contributed by atoms with Crippen molar-refractivity contribution in [3.8, 4) is 0 Å². The van der Waals surface area contributed by atoms with E-state index in [4.69, 9.17) is 4.74 Å². The molecule has 3 aromatic carbocycles. The van der Waals surface area contributed by atoms with Crippen molar-refractivity contribution in [1.82, 2.24) is 0 Å². The number of aryl methyl sites for hydroxylation is 1. The highest BCUT2D eigenvalue weighted by molar-refractivity contribution is 5.87. The van der Waals surface area contributed by atoms with Crippen molar-refractivity contribution in [3.63, 3.8) is 0 Å². The Balaban J connectivity index is 1.22. The van der Waals surface area contributed by atoms with E-state index >= 15 is 0 Å². The van der Waals surface area contributed by atoms with E-state index in [0.29, 0.717) is 12.5 Å². The maximum atomic E-state index is 13.5. The summed E-state index contributed by atoms with van der Waals surface area (Å²) in [6.45, 7) is 5.20. The highest BCUT2D eigenvalue weighted by Crippen LogP contribution is 2.36. The second-order valence-electron chi connectivity index (χ2n) is 10.3. The Labute approximate surface area is 209 Å². The standard InChI is InChI=1S/C31H37N2O2/c34-31(32(29-16-8-3-9-17-29)21-18-27-13-6-2-7-14-27)35-30-25-33(23-19-28(30)20-24-33)22-10-15-26-11-4-1-5-12-26/h1-9,11-14,16-17,28,30H,10,15,18-25H2/q+1/t28?,30-,33?/m0/s1. The Morgan fingerprint density at radius 2 is 1.37 bits per heavy atom. The SMILES string of the molecule is O=C(O[C@H]1C[N+]2(CCCc3ccccc3)CCC1CC2)N(CCc1ccccc1)c1ccccc1. The van der Waals surface area contributed by atoms with Gasteiger partial charge >= 0.3 is 6.09 Å². The van der Waals surface area contributed by atoms with Gasteiger partial charge in [-0.2, -0.15) is 0 Å². The molecule has 1 atom stereocenters. The number of hydrogen-bond donors (Lipinski definition) is 0. The lowest BCUT2D eigenvalue weighted by molar-refractivity contribution is -0.946. The summed E-state index contributed by atoms with van der Waals surface area (Å²) in [6, 6.07) is 31.1. The molecule has 182 valence electrons. The van der Waals surface area contributed by atoms with Crippen molar-refractivity contribution in [3.05, 3.63) is 102 Å². The Morgan fingerprint density at radius 1 is 0.800 bits per heavy atom. The zero-order valence-electron chi connectivity index (χ0n) is 20.6. The highest BCUT2D eigenvalue weighted by atomic mass is 16.6. The number of quaternary nitrogens is 1. The van der Waals surface area contributed by atoms with Crippen molar-refractivity contribution in [1.29, 1.82) is 0 Å². The Hall–Kier alpha value is -3.11. The van der Waals surface area contributed by atoms with Crippen LogP contribution in [0.1, 0.15) is 30.4 Å². The van der Waals surface area contributed by atoms with Crippen LogP contribution in [0.5, 0.6) is 0 Å². The maximum absolute atomic E-state index is 13.5. The van der Waals surface area contributed by atoms with Gasteiger partial charge < -0.3 is 9.22 Å². The van der Waals surface area contributed by atoms with E-state index in [0.717, 1.165) is 29.6 Å². The third-order valence-corrected chi connectivity index (χ3v) is 7.99. The van der Waals surface area contributed by atoms with E-state index in [1.165, 1.54) is 50.0 Å². The Kier molecular flexibility index (Phi) is 7.48. The molecule has 0 spiro atoms. The fraction of sp³-hybridized carbons (Fsp3) is 0.387. The van der Waals surface area contributed by atoms with Gasteiger partial charge in [0, 0.05) is 37.4 Å². The summed E-state index contributed by atoms with van der Waals surface area (Å²) in [5.74, 6) is 0.500. The van der Waals surface area contributed by atoms with Gasteiger partial charge in [-0.15, -0.1) is 0 Å². The molecule has 3 saturated heterocycles. The second kappa shape index (κ2) is 11.1. The lowest BCUT2D eigenvalue weighted by Crippen LogP contribution is -2.65. The number of piperidine rings is 3. The lowest BCUT2D eigenvalue weighted by atomic mass is 9.83. The van der Waals surface area contributed by atoms with Gasteiger partial charge in [0.05, 0.1) is 19.6 Å². The minimum atomic E-state index is -0.201. The third kappa shape index (κ3) is 5.94. The van der Waals surface area contributed by atoms with Crippen molar-refractivity contribution in [2.45, 2.75) is 38.2 Å². The van der Waals surface area contributed by atoms with Crippen molar-refractivity contribution in [2.75, 3.05) is 37.6 Å². The van der Waals surface area contributed by atoms with E-state index in [2.05, 4.69) is 54.6 Å². The quantitative estimate of drug-likeness (QED) is 0.354. The number of anilines is 1. The monoisotopic (exact) mass is 469 g/mol. The zero-order chi connectivity index (χ0) is 23.9. The summed E-state index contributed by atoms with van der Waals surface area (Å²) >= 11 is 0. The van der Waals surface area contributed by atoms with Crippen LogP contribution in [0.2, 0.25) is 0 Å². The van der Waals surface area contributed by atoms with Crippen molar-refractivity contribution >= 4 is 11.8 Å². The number of ether oxygens (including phenoxy) is 1. The van der Waals surface area contributed by atoms with Crippen molar-refractivity contribution in [2.24, 2.45) is 5.92 Å². The highest BCUT2D eigenvalue weighted by Gasteiger charge is 2.47. The fourth-order valence-electron chi connectivity index (χ4n) is 5.94. The minimum Gasteiger partial charge on any atom is -0.440 e. The van der Waals surface area contributed by atoms with Gasteiger partial charge in [0.2, 0.25) is 0 Å². The van der Waals surface area contributed by atoms with Gasteiger partial charge in [0.25, 0.3) is 0 Å². The van der Waals surface area contributed by atoms with Crippen LogP contribution in [0.25, 0.3) is 0 Å². The van der Waals surface area contributed by atoms with Crippen LogP contribution in [0, 0.1) is 5.92 Å². The van der Waals surface area contributed by atoms with Crippen LogP contribution in [0.15, 0.2) is 91.0 Å². The number of rotatable bonds is 9. The molecule has 4 nitrogen and oxygen atoms in total. The smallest absolute Gasteiger partial charge is 0.414 e. The Bertz CT molecular complexity index is 1060. The van der Waals surface area contributed by atoms with E-state index in [-0.39, 0.29) is 12.2 Å². The molecule has 0 radical (unpaired) electrons. The topological polar surface area (TPSA) is 29.5 Å². The summed E-state index contributed by atoms with van der Waals surface area (Å²) in [6.07, 6.45) is 5.26. The average Bonchev–Trinajstić information content (AvgIpc) is 2.91. The normalized spacial score (nSPS) is 23.1. The number of amides is 1. The molecular formula is C31H37N2O2+. The summed E-state index contributed by atoms with van der Waals surface area (Å²) < 4.78 is 7.40. The number of carbonyl (C=O) groups is 1. The molecule has 0 saturated carbocycles. The molecule has 0 N–H and O–H groups in total. The summed E-state index contributed by atoms with van der Waals surface area (Å²) in [7, 11) is 0. The molecule has 2 bridgehead atoms. The molecule has 3 heterocycles. The summed E-state index contributed by atoms with van der Waals surface area (Å²) in [5.41, 5.74) is 3.55. The van der Waals surface area contributed by atoms with Crippen molar-refractivity contribution < 1.29 is 14.0 Å². The number of hydrogen-bond acceptors (Lipinski definition) is 2. The summed E-state index contributed by atoms with van der Waals surface area (Å²) in [4.78, 5) is 15.3. The number of carbonyl (C=O) groups excluding carboxylic acids is 1. The molecule has 3 aromatic rings. The third-order valence-electron chi connectivity index (χ3n) is 7.99. The zero-order valence-corrected chi connectivity index (χ0v) is 20.6. The van der Waals surface area contributed by atoms with E-state index in [9.17, 15) is 4.79 Å². The second-order valence-corrected chi connectivity index (χ2v) is 10.3. The average molecular weight is 470 g/mol. The molecule has 35 heavy (non-hydrogen) atoms. The first kappa shape index (κ1) is 23.6. The number of benzene rings is 3. The molecule has 3 aliphatic rings. The first-order valence-electron chi connectivity index (χ1n) is 13.2. The van der Waals surface area contributed by atoms with E-state index in [1.807, 2.05) is 41.3 Å². The van der Waals surface area contributed by atoms with Gasteiger partial charge in [-0.3, -0.25) is 4.90 Å². The van der Waals surface area contributed by atoms with Gasteiger partial charge in [-0.25, -0.2) is 4.79 Å². The molecule has 6 rings (SSSR count). The van der Waals surface area contributed by atoms with Gasteiger partial charge in [0.1, 0.15) is 6.54 Å². The number of fused-ring (bicyclic) bond motifs is 3. The van der Waals surface area contributed by atoms with Crippen LogP contribution < -0.4 is 4.90 Å². The fourth-order valence-corrected chi connectivity index (χ4v) is 5.94. The van der Waals surface area contributed by atoms with Gasteiger partial charge in [0.15, 0.2) is 6.10 Å². The number of nitrogens with zero attached hydrogens (tertiary/aromatic N) is 2. The van der Waals surface area contributed by atoms with Crippen LogP contribution in [-0.2, 0) is 17.6 Å².